The van der Waals surface area contributed by atoms with Crippen LogP contribution in [0.25, 0.3) is 0 Å². The van der Waals surface area contributed by atoms with Gasteiger partial charge in [-0.15, -0.1) is 11.8 Å². The van der Waals surface area contributed by atoms with Gasteiger partial charge in [-0.2, -0.15) is 0 Å². The van der Waals surface area contributed by atoms with Crippen molar-refractivity contribution in [1.82, 2.24) is 4.98 Å². The number of rotatable bonds is 4. The lowest BCUT2D eigenvalue weighted by Crippen LogP contribution is -2.05. The molecule has 0 bridgehead atoms. The van der Waals surface area contributed by atoms with Crippen molar-refractivity contribution in [2.75, 3.05) is 6.61 Å². The van der Waals surface area contributed by atoms with Gasteiger partial charge in [0.2, 0.25) is 0 Å². The largest absolute Gasteiger partial charge is 0.478 e. The zero-order chi connectivity index (χ0) is 10.6. The number of aliphatic hydroxyl groups is 1. The Morgan fingerprint density at radius 2 is 2.43 bits per heavy atom. The van der Waals surface area contributed by atoms with E-state index in [0.717, 1.165) is 0 Å². The Morgan fingerprint density at radius 1 is 1.71 bits per heavy atom. The summed E-state index contributed by atoms with van der Waals surface area (Å²) in [5, 5.41) is 17.7. The summed E-state index contributed by atoms with van der Waals surface area (Å²) < 4.78 is 0. The molecule has 0 saturated heterocycles. The molecule has 1 atom stereocenters. The first-order valence-electron chi connectivity index (χ1n) is 4.10. The van der Waals surface area contributed by atoms with Gasteiger partial charge in [0, 0.05) is 22.5 Å². The number of aromatic nitrogens is 1. The van der Waals surface area contributed by atoms with Gasteiger partial charge in [-0.25, -0.2) is 4.79 Å². The van der Waals surface area contributed by atoms with Gasteiger partial charge in [0.05, 0.1) is 12.2 Å². The number of hydrogen-bond donors (Lipinski definition) is 2. The molecule has 0 amide bonds. The molecule has 1 aromatic heterocycles. The van der Waals surface area contributed by atoms with Gasteiger partial charge in [0.25, 0.3) is 0 Å². The number of pyridine rings is 1. The molecule has 0 saturated carbocycles. The molecule has 0 spiro atoms. The molecule has 0 aromatic carbocycles. The number of carboxylic acids is 1. The normalized spacial score (nSPS) is 12.4. The Morgan fingerprint density at radius 3 is 3.00 bits per heavy atom. The maximum atomic E-state index is 10.8. The van der Waals surface area contributed by atoms with Crippen LogP contribution < -0.4 is 0 Å². The first kappa shape index (κ1) is 11.0. The highest BCUT2D eigenvalue weighted by molar-refractivity contribution is 8.00. The minimum absolute atomic E-state index is 0.0125. The smallest absolute Gasteiger partial charge is 0.336 e. The third-order valence-electron chi connectivity index (χ3n) is 1.60. The van der Waals surface area contributed by atoms with Crippen LogP contribution in [-0.2, 0) is 0 Å². The molecular weight excluding hydrogens is 202 g/mol. The Hall–Kier alpha value is -1.07. The first-order chi connectivity index (χ1) is 6.65. The van der Waals surface area contributed by atoms with Crippen molar-refractivity contribution in [3.05, 3.63) is 24.0 Å². The topological polar surface area (TPSA) is 70.4 Å². The van der Waals surface area contributed by atoms with Gasteiger partial charge in [-0.1, -0.05) is 6.92 Å². The summed E-state index contributed by atoms with van der Waals surface area (Å²) >= 11 is 1.31. The zero-order valence-corrected chi connectivity index (χ0v) is 8.49. The van der Waals surface area contributed by atoms with E-state index < -0.39 is 5.97 Å². The third kappa shape index (κ3) is 2.71. The highest BCUT2D eigenvalue weighted by atomic mass is 32.2. The lowest BCUT2D eigenvalue weighted by Gasteiger charge is -2.08. The quantitative estimate of drug-likeness (QED) is 0.737. The van der Waals surface area contributed by atoms with Crippen molar-refractivity contribution < 1.29 is 15.0 Å². The molecule has 1 heterocycles. The van der Waals surface area contributed by atoms with Crippen molar-refractivity contribution >= 4 is 17.7 Å². The molecule has 1 unspecified atom stereocenters. The summed E-state index contributed by atoms with van der Waals surface area (Å²) in [7, 11) is 0. The second-order valence-electron chi connectivity index (χ2n) is 2.79. The van der Waals surface area contributed by atoms with Gasteiger partial charge in [-0.05, 0) is 6.07 Å². The van der Waals surface area contributed by atoms with Gasteiger partial charge in [0.15, 0.2) is 0 Å². The molecule has 14 heavy (non-hydrogen) atoms. The van der Waals surface area contributed by atoms with E-state index in [1.807, 2.05) is 6.92 Å². The summed E-state index contributed by atoms with van der Waals surface area (Å²) in [4.78, 5) is 15.2. The van der Waals surface area contributed by atoms with E-state index in [9.17, 15) is 4.79 Å². The van der Waals surface area contributed by atoms with Crippen LogP contribution in [0.1, 0.15) is 17.3 Å². The average molecular weight is 213 g/mol. The van der Waals surface area contributed by atoms with E-state index in [1.54, 1.807) is 0 Å². The summed E-state index contributed by atoms with van der Waals surface area (Å²) in [6.07, 6.45) is 2.94. The van der Waals surface area contributed by atoms with Crippen molar-refractivity contribution in [2.45, 2.75) is 17.1 Å². The predicted molar refractivity (Wildman–Crippen MR) is 53.6 cm³/mol. The van der Waals surface area contributed by atoms with E-state index in [1.165, 1.54) is 30.2 Å². The second-order valence-corrected chi connectivity index (χ2v) is 4.27. The molecule has 0 aliphatic heterocycles. The summed E-state index contributed by atoms with van der Waals surface area (Å²) in [6, 6.07) is 1.45. The molecule has 0 radical (unpaired) electrons. The van der Waals surface area contributed by atoms with E-state index in [0.29, 0.717) is 4.90 Å². The zero-order valence-electron chi connectivity index (χ0n) is 7.67. The highest BCUT2D eigenvalue weighted by Gasteiger charge is 2.12. The van der Waals surface area contributed by atoms with Crippen LogP contribution in [0.3, 0.4) is 0 Å². The first-order valence-corrected chi connectivity index (χ1v) is 4.98. The summed E-state index contributed by atoms with van der Waals surface area (Å²) in [5.41, 5.74) is 0.227. The standard InChI is InChI=1S/C9H11NO3S/c1-6(5-11)14-8-4-10-3-2-7(8)9(12)13/h2-4,6,11H,5H2,1H3,(H,12,13). The number of aliphatic hydroxyl groups excluding tert-OH is 1. The monoisotopic (exact) mass is 213 g/mol. The number of aromatic carboxylic acids is 1. The Bertz CT molecular complexity index is 330. The van der Waals surface area contributed by atoms with E-state index in [2.05, 4.69) is 4.98 Å². The fourth-order valence-corrected chi connectivity index (χ4v) is 1.82. The molecule has 4 nitrogen and oxygen atoms in total. The lowest BCUT2D eigenvalue weighted by molar-refractivity contribution is 0.0693. The van der Waals surface area contributed by atoms with Crippen molar-refractivity contribution in [3.63, 3.8) is 0 Å². The van der Waals surface area contributed by atoms with Crippen LogP contribution in [0.4, 0.5) is 0 Å². The number of thioether (sulfide) groups is 1. The van der Waals surface area contributed by atoms with Crippen molar-refractivity contribution in [1.29, 1.82) is 0 Å². The Labute approximate surface area is 86.0 Å². The molecule has 1 aromatic rings. The van der Waals surface area contributed by atoms with Crippen LogP contribution in [0.15, 0.2) is 23.4 Å². The molecule has 1 rings (SSSR count). The number of nitrogens with zero attached hydrogens (tertiary/aromatic N) is 1. The fraction of sp³-hybridized carbons (Fsp3) is 0.333. The van der Waals surface area contributed by atoms with Crippen LogP contribution in [0.2, 0.25) is 0 Å². The second kappa shape index (κ2) is 4.97. The van der Waals surface area contributed by atoms with E-state index in [-0.39, 0.29) is 17.4 Å². The van der Waals surface area contributed by atoms with E-state index in [4.69, 9.17) is 10.2 Å². The van der Waals surface area contributed by atoms with Gasteiger partial charge in [0.1, 0.15) is 0 Å². The predicted octanol–water partition coefficient (Wildman–Crippen LogP) is 1.25. The SMILES string of the molecule is CC(CO)Sc1cnccc1C(=O)O. The van der Waals surface area contributed by atoms with Crippen molar-refractivity contribution in [3.8, 4) is 0 Å². The maximum Gasteiger partial charge on any atom is 0.336 e. The summed E-state index contributed by atoms with van der Waals surface area (Å²) in [6.45, 7) is 1.84. The maximum absolute atomic E-state index is 10.8. The Kier molecular flexibility index (Phi) is 3.91. The minimum Gasteiger partial charge on any atom is -0.478 e. The molecular formula is C9H11NO3S. The van der Waals surface area contributed by atoms with Crippen LogP contribution in [0, 0.1) is 0 Å². The van der Waals surface area contributed by atoms with Gasteiger partial charge < -0.3 is 10.2 Å². The molecule has 0 aliphatic rings. The lowest BCUT2D eigenvalue weighted by atomic mass is 10.3. The van der Waals surface area contributed by atoms with Crippen molar-refractivity contribution in [2.24, 2.45) is 0 Å². The average Bonchev–Trinajstić information content (AvgIpc) is 2.18. The van der Waals surface area contributed by atoms with Gasteiger partial charge >= 0.3 is 5.97 Å². The van der Waals surface area contributed by atoms with E-state index >= 15 is 0 Å². The highest BCUT2D eigenvalue weighted by Crippen LogP contribution is 2.25. The van der Waals surface area contributed by atoms with Crippen LogP contribution >= 0.6 is 11.8 Å². The molecule has 5 heteroatoms. The molecule has 0 aliphatic carbocycles. The van der Waals surface area contributed by atoms with Crippen LogP contribution in [-0.4, -0.2) is 33.0 Å². The summed E-state index contributed by atoms with van der Waals surface area (Å²) in [5.74, 6) is -0.972. The molecule has 0 fully saturated rings. The third-order valence-corrected chi connectivity index (χ3v) is 2.73. The van der Waals surface area contributed by atoms with Crippen LogP contribution in [0.5, 0.6) is 0 Å². The Balaban J connectivity index is 2.90. The minimum atomic E-state index is -0.972. The van der Waals surface area contributed by atoms with Gasteiger partial charge in [-0.3, -0.25) is 4.98 Å². The number of carboxylic acid groups (broad SMARTS) is 1. The molecule has 76 valence electrons. The number of hydrogen-bond acceptors (Lipinski definition) is 4. The fourth-order valence-electron chi connectivity index (χ4n) is 0.905. The molecule has 2 N–H and O–H groups in total. The number of carbonyl (C=O) groups is 1.